The van der Waals surface area contributed by atoms with Gasteiger partial charge < -0.3 is 24.7 Å². The number of aromatic nitrogens is 2. The van der Waals surface area contributed by atoms with Crippen LogP contribution >= 0.6 is 0 Å². The molecule has 0 fully saturated rings. The second-order valence-electron chi connectivity index (χ2n) is 7.75. The van der Waals surface area contributed by atoms with Crippen LogP contribution in [0.15, 0.2) is 54.6 Å². The Hall–Kier alpha value is -3.84. The highest BCUT2D eigenvalue weighted by Gasteiger charge is 2.15. The third kappa shape index (κ3) is 4.61. The molecule has 4 aromatic rings. The fraction of sp³-hybridized carbons (Fsp3) is 0.259. The number of fused-ring (bicyclic) bond motifs is 1. The van der Waals surface area contributed by atoms with Crippen molar-refractivity contribution in [3.63, 3.8) is 0 Å². The minimum atomic E-state index is 0.589. The molecule has 4 rings (SSSR count). The highest BCUT2D eigenvalue weighted by Crippen LogP contribution is 2.37. The van der Waals surface area contributed by atoms with Crippen LogP contribution in [0.4, 0.5) is 0 Å². The van der Waals surface area contributed by atoms with Crippen LogP contribution in [0.5, 0.6) is 23.0 Å². The third-order valence-electron chi connectivity index (χ3n) is 5.72. The van der Waals surface area contributed by atoms with E-state index in [2.05, 4.69) is 12.1 Å². The number of rotatable bonds is 9. The average Bonchev–Trinajstić information content (AvgIpc) is 2.90. The molecule has 3 aromatic carbocycles. The van der Waals surface area contributed by atoms with Gasteiger partial charge in [0.15, 0.2) is 23.0 Å². The van der Waals surface area contributed by atoms with Gasteiger partial charge in [0.2, 0.25) is 0 Å². The number of hydrogen-bond acceptors (Lipinski definition) is 7. The van der Waals surface area contributed by atoms with E-state index in [0.29, 0.717) is 36.0 Å². The topological polar surface area (TPSA) is 88.7 Å². The molecular formula is C27H29N3O4. The number of hydrogen-bond donors (Lipinski definition) is 1. The van der Waals surface area contributed by atoms with E-state index in [-0.39, 0.29) is 0 Å². The van der Waals surface area contributed by atoms with E-state index < -0.39 is 0 Å². The zero-order chi connectivity index (χ0) is 24.1. The van der Waals surface area contributed by atoms with Gasteiger partial charge in [-0.2, -0.15) is 0 Å². The Labute approximate surface area is 199 Å². The first-order chi connectivity index (χ1) is 16.6. The van der Waals surface area contributed by atoms with Crippen molar-refractivity contribution in [2.24, 2.45) is 5.73 Å². The standard InChI is InChI=1S/C27H29N3O4/c1-31-22-11-8-18(15-24(22)33-3)17-7-10-21-20(14-17)27(30-26(29-21)6-5-13-28)19-9-12-23(32-2)25(16-19)34-4/h7-12,14-16H,5-6,13,28H2,1-4H3. The molecule has 1 aromatic heterocycles. The van der Waals surface area contributed by atoms with E-state index in [9.17, 15) is 0 Å². The Morgan fingerprint density at radius 2 is 1.21 bits per heavy atom. The molecule has 0 radical (unpaired) electrons. The van der Waals surface area contributed by atoms with Crippen molar-refractivity contribution in [3.05, 3.63) is 60.4 Å². The molecule has 0 aliphatic rings. The lowest BCUT2D eigenvalue weighted by molar-refractivity contribution is 0.355. The largest absolute Gasteiger partial charge is 0.493 e. The smallest absolute Gasteiger partial charge is 0.161 e. The van der Waals surface area contributed by atoms with E-state index in [1.54, 1.807) is 28.4 Å². The van der Waals surface area contributed by atoms with Gasteiger partial charge in [0.1, 0.15) is 5.82 Å². The summed E-state index contributed by atoms with van der Waals surface area (Å²) in [6, 6.07) is 17.9. The Morgan fingerprint density at radius 1 is 0.647 bits per heavy atom. The summed E-state index contributed by atoms with van der Waals surface area (Å²) in [6.45, 7) is 0.589. The van der Waals surface area contributed by atoms with Gasteiger partial charge in [-0.3, -0.25) is 0 Å². The number of nitrogens with zero attached hydrogens (tertiary/aromatic N) is 2. The highest BCUT2D eigenvalue weighted by atomic mass is 16.5. The average molecular weight is 460 g/mol. The molecule has 176 valence electrons. The Bertz CT molecular complexity index is 1310. The van der Waals surface area contributed by atoms with Crippen molar-refractivity contribution >= 4 is 10.9 Å². The zero-order valence-corrected chi connectivity index (χ0v) is 19.9. The maximum absolute atomic E-state index is 5.73. The highest BCUT2D eigenvalue weighted by molar-refractivity contribution is 5.95. The van der Waals surface area contributed by atoms with Gasteiger partial charge in [0.05, 0.1) is 39.6 Å². The first-order valence-corrected chi connectivity index (χ1v) is 11.1. The van der Waals surface area contributed by atoms with Crippen molar-refractivity contribution in [2.75, 3.05) is 35.0 Å². The number of methoxy groups -OCH3 is 4. The predicted octanol–water partition coefficient (Wildman–Crippen LogP) is 4.89. The predicted molar refractivity (Wildman–Crippen MR) is 134 cm³/mol. The second-order valence-corrected chi connectivity index (χ2v) is 7.75. The summed E-state index contributed by atoms with van der Waals surface area (Å²) in [5.74, 6) is 3.44. The van der Waals surface area contributed by atoms with Crippen LogP contribution in [-0.4, -0.2) is 45.0 Å². The Morgan fingerprint density at radius 3 is 1.82 bits per heavy atom. The molecule has 0 aliphatic carbocycles. The number of aryl methyl sites for hydroxylation is 1. The Balaban J connectivity index is 1.90. The summed E-state index contributed by atoms with van der Waals surface area (Å²) in [5, 5.41) is 0.941. The maximum atomic E-state index is 5.73. The van der Waals surface area contributed by atoms with Crippen LogP contribution in [0, 0.1) is 0 Å². The molecule has 7 heteroatoms. The number of nitrogens with two attached hydrogens (primary N) is 1. The molecule has 0 atom stereocenters. The van der Waals surface area contributed by atoms with Crippen LogP contribution in [0.3, 0.4) is 0 Å². The van der Waals surface area contributed by atoms with Gasteiger partial charge in [-0.15, -0.1) is 0 Å². The van der Waals surface area contributed by atoms with Gasteiger partial charge in [-0.05, 0) is 66.6 Å². The summed E-state index contributed by atoms with van der Waals surface area (Å²) in [4.78, 5) is 9.73. The van der Waals surface area contributed by atoms with Gasteiger partial charge in [-0.1, -0.05) is 12.1 Å². The molecule has 2 N–H and O–H groups in total. The lowest BCUT2D eigenvalue weighted by Crippen LogP contribution is -2.04. The maximum Gasteiger partial charge on any atom is 0.161 e. The van der Waals surface area contributed by atoms with Crippen molar-refractivity contribution in [1.29, 1.82) is 0 Å². The fourth-order valence-electron chi connectivity index (χ4n) is 3.95. The number of benzene rings is 3. The van der Waals surface area contributed by atoms with Crippen molar-refractivity contribution in [3.8, 4) is 45.4 Å². The SMILES string of the molecule is COc1ccc(-c2ccc3nc(CCCN)nc(-c4ccc(OC)c(OC)c4)c3c2)cc1OC. The lowest BCUT2D eigenvalue weighted by Gasteiger charge is -2.14. The van der Waals surface area contributed by atoms with E-state index in [4.69, 9.17) is 34.6 Å². The van der Waals surface area contributed by atoms with Gasteiger partial charge in [0.25, 0.3) is 0 Å². The summed E-state index contributed by atoms with van der Waals surface area (Å²) in [7, 11) is 6.51. The zero-order valence-electron chi connectivity index (χ0n) is 19.9. The van der Waals surface area contributed by atoms with Gasteiger partial charge in [0, 0.05) is 17.4 Å². The normalized spacial score (nSPS) is 10.9. The molecular weight excluding hydrogens is 430 g/mol. The summed E-state index contributed by atoms with van der Waals surface area (Å²) < 4.78 is 21.8. The summed E-state index contributed by atoms with van der Waals surface area (Å²) >= 11 is 0. The fourth-order valence-corrected chi connectivity index (χ4v) is 3.95. The molecule has 0 aliphatic heterocycles. The van der Waals surface area contributed by atoms with E-state index >= 15 is 0 Å². The van der Waals surface area contributed by atoms with E-state index in [1.165, 1.54) is 0 Å². The molecule has 0 saturated carbocycles. The molecule has 7 nitrogen and oxygen atoms in total. The van der Waals surface area contributed by atoms with Crippen molar-refractivity contribution < 1.29 is 18.9 Å². The third-order valence-corrected chi connectivity index (χ3v) is 5.72. The van der Waals surface area contributed by atoms with Crippen molar-refractivity contribution in [2.45, 2.75) is 12.8 Å². The minimum Gasteiger partial charge on any atom is -0.493 e. The van der Waals surface area contributed by atoms with Gasteiger partial charge >= 0.3 is 0 Å². The molecule has 34 heavy (non-hydrogen) atoms. The first kappa shape index (κ1) is 23.3. The van der Waals surface area contributed by atoms with Gasteiger partial charge in [-0.25, -0.2) is 9.97 Å². The van der Waals surface area contributed by atoms with Crippen LogP contribution in [0.25, 0.3) is 33.3 Å². The lowest BCUT2D eigenvalue weighted by atomic mass is 9.99. The van der Waals surface area contributed by atoms with Crippen LogP contribution in [-0.2, 0) is 6.42 Å². The number of ether oxygens (including phenoxy) is 4. The monoisotopic (exact) mass is 459 g/mol. The quantitative estimate of drug-likeness (QED) is 0.381. The van der Waals surface area contributed by atoms with Crippen LogP contribution < -0.4 is 24.7 Å². The molecule has 0 saturated heterocycles. The summed E-state index contributed by atoms with van der Waals surface area (Å²) in [6.07, 6.45) is 1.53. The minimum absolute atomic E-state index is 0.589. The van der Waals surface area contributed by atoms with Crippen molar-refractivity contribution in [1.82, 2.24) is 9.97 Å². The molecule has 0 spiro atoms. The summed E-state index contributed by atoms with van der Waals surface area (Å²) in [5.41, 5.74) is 10.4. The van der Waals surface area contributed by atoms with Crippen LogP contribution in [0.1, 0.15) is 12.2 Å². The molecule has 0 unspecified atom stereocenters. The second kappa shape index (κ2) is 10.4. The van der Waals surface area contributed by atoms with E-state index in [1.807, 2.05) is 42.5 Å². The first-order valence-electron chi connectivity index (χ1n) is 11.1. The molecule has 1 heterocycles. The van der Waals surface area contributed by atoms with E-state index in [0.717, 1.165) is 45.5 Å². The van der Waals surface area contributed by atoms with Crippen LogP contribution in [0.2, 0.25) is 0 Å². The Kier molecular flexibility index (Phi) is 7.13. The molecule has 0 amide bonds. The molecule has 0 bridgehead atoms.